The summed E-state index contributed by atoms with van der Waals surface area (Å²) in [5.41, 5.74) is 0. The summed E-state index contributed by atoms with van der Waals surface area (Å²) in [6, 6.07) is 1.83. The number of thioether (sulfide) groups is 1. The molecule has 0 spiro atoms. The minimum atomic E-state index is 0.0827. The van der Waals surface area contributed by atoms with Crippen molar-refractivity contribution in [3.8, 4) is 0 Å². The number of carbonyl (C=O) groups excluding carboxylic acids is 1. The van der Waals surface area contributed by atoms with Crippen LogP contribution in [0.25, 0.3) is 0 Å². The summed E-state index contributed by atoms with van der Waals surface area (Å²) >= 11 is 1.55. The van der Waals surface area contributed by atoms with Gasteiger partial charge in [-0.05, 0) is 20.1 Å². The summed E-state index contributed by atoms with van der Waals surface area (Å²) in [6.45, 7) is 5.68. The van der Waals surface area contributed by atoms with Crippen molar-refractivity contribution in [2.24, 2.45) is 0 Å². The van der Waals surface area contributed by atoms with Gasteiger partial charge in [0.25, 0.3) is 0 Å². The zero-order valence-electron chi connectivity index (χ0n) is 10.4. The number of rotatable bonds is 6. The van der Waals surface area contributed by atoms with Crippen molar-refractivity contribution in [3.63, 3.8) is 0 Å². The smallest absolute Gasteiger partial charge is 0.241 e. The van der Waals surface area contributed by atoms with Crippen LogP contribution in [0.2, 0.25) is 0 Å². The van der Waals surface area contributed by atoms with E-state index in [0.29, 0.717) is 5.82 Å². The maximum Gasteiger partial charge on any atom is 0.241 e. The van der Waals surface area contributed by atoms with Crippen molar-refractivity contribution in [2.75, 3.05) is 31.2 Å². The highest BCUT2D eigenvalue weighted by Crippen LogP contribution is 2.13. The Morgan fingerprint density at radius 1 is 1.41 bits per heavy atom. The number of amides is 1. The quantitative estimate of drug-likeness (QED) is 0.615. The monoisotopic (exact) mass is 254 g/mol. The van der Waals surface area contributed by atoms with Gasteiger partial charge in [0, 0.05) is 19.2 Å². The van der Waals surface area contributed by atoms with Gasteiger partial charge in [-0.1, -0.05) is 0 Å². The molecule has 0 aliphatic rings. The highest BCUT2D eigenvalue weighted by molar-refractivity contribution is 7.98. The highest BCUT2D eigenvalue weighted by Gasteiger charge is 2.09. The van der Waals surface area contributed by atoms with Gasteiger partial charge in [0.1, 0.15) is 17.2 Å². The lowest BCUT2D eigenvalue weighted by Crippen LogP contribution is -2.35. The van der Waals surface area contributed by atoms with Crippen molar-refractivity contribution < 1.29 is 4.79 Å². The van der Waals surface area contributed by atoms with Gasteiger partial charge in [-0.2, -0.15) is 0 Å². The molecule has 1 rings (SSSR count). The summed E-state index contributed by atoms with van der Waals surface area (Å²) in [7, 11) is 0. The van der Waals surface area contributed by atoms with E-state index in [0.717, 1.165) is 18.1 Å². The van der Waals surface area contributed by atoms with E-state index in [1.54, 1.807) is 16.7 Å². The topological polar surface area (TPSA) is 58.1 Å². The third-order valence-electron chi connectivity index (χ3n) is 2.39. The minimum Gasteiger partial charge on any atom is -0.361 e. The van der Waals surface area contributed by atoms with Gasteiger partial charge in [0.15, 0.2) is 0 Å². The average Bonchev–Trinajstić information content (AvgIpc) is 2.38. The summed E-state index contributed by atoms with van der Waals surface area (Å²) < 4.78 is 0. The fourth-order valence-electron chi connectivity index (χ4n) is 1.40. The molecule has 1 N–H and O–H groups in total. The lowest BCUT2D eigenvalue weighted by molar-refractivity contribution is -0.128. The Kier molecular flexibility index (Phi) is 5.76. The lowest BCUT2D eigenvalue weighted by Gasteiger charge is -2.18. The molecule has 1 aromatic rings. The van der Waals surface area contributed by atoms with Crippen LogP contribution in [-0.4, -0.2) is 46.7 Å². The van der Waals surface area contributed by atoms with Crippen LogP contribution in [0.5, 0.6) is 0 Å². The number of anilines is 1. The van der Waals surface area contributed by atoms with E-state index in [4.69, 9.17) is 0 Å². The fraction of sp³-hybridized carbons (Fsp3) is 0.545. The minimum absolute atomic E-state index is 0.0827. The molecule has 1 amide bonds. The third kappa shape index (κ3) is 4.22. The molecule has 0 atom stereocenters. The van der Waals surface area contributed by atoms with Crippen LogP contribution in [0.4, 0.5) is 5.82 Å². The summed E-state index contributed by atoms with van der Waals surface area (Å²) in [6.07, 6.45) is 3.45. The van der Waals surface area contributed by atoms with E-state index in [1.807, 2.05) is 26.2 Å². The van der Waals surface area contributed by atoms with Gasteiger partial charge in [0.2, 0.25) is 5.91 Å². The molecule has 5 nitrogen and oxygen atoms in total. The maximum absolute atomic E-state index is 11.7. The normalized spacial score (nSPS) is 10.1. The molecule has 0 saturated heterocycles. The van der Waals surface area contributed by atoms with Gasteiger partial charge in [-0.15, -0.1) is 11.8 Å². The SMILES string of the molecule is CCN(CC)C(=O)CNc1cc(SC)ncn1. The molecule has 94 valence electrons. The molecule has 0 radical (unpaired) electrons. The number of carbonyl (C=O) groups is 1. The van der Waals surface area contributed by atoms with Gasteiger partial charge in [0.05, 0.1) is 6.54 Å². The standard InChI is InChI=1S/C11H18N4OS/c1-4-15(5-2)11(16)7-12-9-6-10(17-3)14-8-13-9/h6,8H,4-5,7H2,1-3H3,(H,12,13,14). The van der Waals surface area contributed by atoms with Crippen LogP contribution >= 0.6 is 11.8 Å². The second-order valence-corrected chi connectivity index (χ2v) is 4.19. The molecule has 0 bridgehead atoms. The van der Waals surface area contributed by atoms with E-state index < -0.39 is 0 Å². The Balaban J connectivity index is 2.52. The van der Waals surface area contributed by atoms with Gasteiger partial charge in [-0.3, -0.25) is 4.79 Å². The fourth-order valence-corrected chi connectivity index (χ4v) is 1.78. The van der Waals surface area contributed by atoms with Crippen molar-refractivity contribution in [1.29, 1.82) is 0 Å². The van der Waals surface area contributed by atoms with Gasteiger partial charge < -0.3 is 10.2 Å². The zero-order valence-corrected chi connectivity index (χ0v) is 11.3. The molecule has 0 aliphatic carbocycles. The van der Waals surface area contributed by atoms with E-state index in [-0.39, 0.29) is 12.5 Å². The molecule has 17 heavy (non-hydrogen) atoms. The second-order valence-electron chi connectivity index (χ2n) is 3.37. The van der Waals surface area contributed by atoms with Crippen molar-refractivity contribution in [2.45, 2.75) is 18.9 Å². The summed E-state index contributed by atoms with van der Waals surface area (Å²) in [4.78, 5) is 21.7. The van der Waals surface area contributed by atoms with E-state index in [2.05, 4.69) is 15.3 Å². The first-order chi connectivity index (χ1) is 8.21. The van der Waals surface area contributed by atoms with Gasteiger partial charge >= 0.3 is 0 Å². The second kappa shape index (κ2) is 7.11. The van der Waals surface area contributed by atoms with Gasteiger partial charge in [-0.25, -0.2) is 9.97 Å². The Morgan fingerprint density at radius 2 is 2.12 bits per heavy atom. The zero-order chi connectivity index (χ0) is 12.7. The molecule has 0 fully saturated rings. The lowest BCUT2D eigenvalue weighted by atomic mass is 10.4. The van der Waals surface area contributed by atoms with E-state index in [1.165, 1.54) is 6.33 Å². The molecule has 0 unspecified atom stereocenters. The average molecular weight is 254 g/mol. The van der Waals surface area contributed by atoms with Crippen LogP contribution in [0, 0.1) is 0 Å². The first kappa shape index (κ1) is 13.8. The van der Waals surface area contributed by atoms with Crippen LogP contribution in [0.15, 0.2) is 17.4 Å². The molecule has 0 aromatic carbocycles. The first-order valence-corrected chi connectivity index (χ1v) is 6.81. The first-order valence-electron chi connectivity index (χ1n) is 5.58. The Morgan fingerprint density at radius 3 is 2.71 bits per heavy atom. The Labute approximate surface area is 106 Å². The molecular formula is C11H18N4OS. The molecule has 1 aromatic heterocycles. The molecular weight excluding hydrogens is 236 g/mol. The van der Waals surface area contributed by atoms with Crippen molar-refractivity contribution >= 4 is 23.5 Å². The molecule has 1 heterocycles. The van der Waals surface area contributed by atoms with Crippen LogP contribution in [0.1, 0.15) is 13.8 Å². The maximum atomic E-state index is 11.7. The number of nitrogens with zero attached hydrogens (tertiary/aromatic N) is 3. The summed E-state index contributed by atoms with van der Waals surface area (Å²) in [5.74, 6) is 0.768. The Bertz CT molecular complexity index is 368. The summed E-state index contributed by atoms with van der Waals surface area (Å²) in [5, 5.41) is 3.90. The number of nitrogens with one attached hydrogen (secondary N) is 1. The van der Waals surface area contributed by atoms with Crippen LogP contribution < -0.4 is 5.32 Å². The predicted octanol–water partition coefficient (Wildman–Crippen LogP) is 1.48. The molecule has 0 aliphatic heterocycles. The van der Waals surface area contributed by atoms with E-state index >= 15 is 0 Å². The molecule has 0 saturated carbocycles. The van der Waals surface area contributed by atoms with Crippen LogP contribution in [0.3, 0.4) is 0 Å². The number of likely N-dealkylation sites (N-methyl/N-ethyl adjacent to an activating group) is 1. The number of aromatic nitrogens is 2. The van der Waals surface area contributed by atoms with Crippen molar-refractivity contribution in [1.82, 2.24) is 14.9 Å². The number of hydrogen-bond acceptors (Lipinski definition) is 5. The van der Waals surface area contributed by atoms with E-state index in [9.17, 15) is 4.79 Å². The molecule has 6 heteroatoms. The van der Waals surface area contributed by atoms with Crippen LogP contribution in [-0.2, 0) is 4.79 Å². The largest absolute Gasteiger partial charge is 0.361 e. The Hall–Kier alpha value is -1.30. The predicted molar refractivity (Wildman–Crippen MR) is 70.2 cm³/mol. The third-order valence-corrected chi connectivity index (χ3v) is 3.03. The van der Waals surface area contributed by atoms with Crippen molar-refractivity contribution in [3.05, 3.63) is 12.4 Å². The highest BCUT2D eigenvalue weighted by atomic mass is 32.2. The number of hydrogen-bond donors (Lipinski definition) is 1.